The van der Waals surface area contributed by atoms with E-state index < -0.39 is 0 Å². The number of hydrogen-bond donors (Lipinski definition) is 1. The van der Waals surface area contributed by atoms with Crippen molar-refractivity contribution in [2.24, 2.45) is 0 Å². The van der Waals surface area contributed by atoms with Gasteiger partial charge in [-0.15, -0.1) is 11.3 Å². The van der Waals surface area contributed by atoms with Gasteiger partial charge in [-0.3, -0.25) is 0 Å². The summed E-state index contributed by atoms with van der Waals surface area (Å²) < 4.78 is 13.7. The van der Waals surface area contributed by atoms with Crippen molar-refractivity contribution in [2.75, 3.05) is 0 Å². The molecule has 1 nitrogen and oxygen atoms in total. The lowest BCUT2D eigenvalue weighted by Gasteiger charge is -2.07. The van der Waals surface area contributed by atoms with Crippen LogP contribution in [0.3, 0.4) is 0 Å². The molecule has 1 aromatic carbocycles. The van der Waals surface area contributed by atoms with Crippen molar-refractivity contribution in [1.82, 2.24) is 5.32 Å². The molecule has 1 N–H and O–H groups in total. The molecule has 0 bridgehead atoms. The molecule has 1 aliphatic carbocycles. The minimum absolute atomic E-state index is 0.111. The highest BCUT2D eigenvalue weighted by molar-refractivity contribution is 7.15. The first-order valence-corrected chi connectivity index (χ1v) is 7.12. The van der Waals surface area contributed by atoms with Crippen LogP contribution in [0.2, 0.25) is 0 Å². The SMILES string of the molecule is Cc1ccc(-c2ccc(F)c(CNC3CC3)c2)s1. The van der Waals surface area contributed by atoms with Crippen molar-refractivity contribution in [1.29, 1.82) is 0 Å². The first-order valence-electron chi connectivity index (χ1n) is 6.31. The second-order valence-electron chi connectivity index (χ2n) is 4.87. The van der Waals surface area contributed by atoms with Gasteiger partial charge in [0.1, 0.15) is 5.82 Å². The number of halogens is 1. The fraction of sp³-hybridized carbons (Fsp3) is 0.333. The summed E-state index contributed by atoms with van der Waals surface area (Å²) in [4.78, 5) is 2.49. The van der Waals surface area contributed by atoms with Crippen LogP contribution in [0, 0.1) is 12.7 Å². The summed E-state index contributed by atoms with van der Waals surface area (Å²) in [7, 11) is 0. The van der Waals surface area contributed by atoms with Crippen LogP contribution < -0.4 is 5.32 Å². The van der Waals surface area contributed by atoms with Gasteiger partial charge in [-0.25, -0.2) is 4.39 Å². The molecule has 0 aliphatic heterocycles. The molecule has 0 radical (unpaired) electrons. The lowest BCUT2D eigenvalue weighted by atomic mass is 10.1. The lowest BCUT2D eigenvalue weighted by Crippen LogP contribution is -2.16. The third kappa shape index (κ3) is 2.62. The zero-order valence-corrected chi connectivity index (χ0v) is 11.2. The predicted octanol–water partition coefficient (Wildman–Crippen LogP) is 4.11. The Kier molecular flexibility index (Phi) is 3.18. The van der Waals surface area contributed by atoms with Gasteiger partial charge in [0.2, 0.25) is 0 Å². The number of rotatable bonds is 4. The average molecular weight is 261 g/mol. The Morgan fingerprint density at radius 1 is 1.28 bits per heavy atom. The minimum atomic E-state index is -0.111. The van der Waals surface area contributed by atoms with Crippen LogP contribution in [-0.2, 0) is 6.54 Å². The number of aryl methyl sites for hydroxylation is 1. The van der Waals surface area contributed by atoms with Gasteiger partial charge in [-0.1, -0.05) is 6.07 Å². The molecule has 1 heterocycles. The molecular weight excluding hydrogens is 245 g/mol. The fourth-order valence-corrected chi connectivity index (χ4v) is 2.86. The van der Waals surface area contributed by atoms with Crippen molar-refractivity contribution in [3.05, 3.63) is 46.6 Å². The van der Waals surface area contributed by atoms with E-state index in [9.17, 15) is 4.39 Å². The average Bonchev–Trinajstić information content (AvgIpc) is 3.09. The summed E-state index contributed by atoms with van der Waals surface area (Å²) in [6.45, 7) is 2.72. The molecule has 0 unspecified atom stereocenters. The highest BCUT2D eigenvalue weighted by Crippen LogP contribution is 2.29. The lowest BCUT2D eigenvalue weighted by molar-refractivity contribution is 0.587. The van der Waals surface area contributed by atoms with Gasteiger partial charge in [-0.05, 0) is 49.6 Å². The van der Waals surface area contributed by atoms with Gasteiger partial charge in [0.05, 0.1) is 0 Å². The van der Waals surface area contributed by atoms with E-state index >= 15 is 0 Å². The Bertz CT molecular complexity index is 557. The highest BCUT2D eigenvalue weighted by atomic mass is 32.1. The van der Waals surface area contributed by atoms with Crippen molar-refractivity contribution >= 4 is 11.3 Å². The molecule has 0 saturated heterocycles. The Hall–Kier alpha value is -1.19. The quantitative estimate of drug-likeness (QED) is 0.873. The first-order chi connectivity index (χ1) is 8.72. The molecule has 1 fully saturated rings. The standard InChI is InChI=1S/C15H16FNS/c1-10-2-7-15(18-10)11-3-6-14(16)12(8-11)9-17-13-4-5-13/h2-3,6-8,13,17H,4-5,9H2,1H3. The molecule has 94 valence electrons. The number of nitrogens with one attached hydrogen (secondary N) is 1. The van der Waals surface area contributed by atoms with Crippen molar-refractivity contribution in [3.8, 4) is 10.4 Å². The topological polar surface area (TPSA) is 12.0 Å². The molecule has 3 heteroatoms. The van der Waals surface area contributed by atoms with E-state index in [2.05, 4.69) is 24.4 Å². The van der Waals surface area contributed by atoms with Crippen LogP contribution >= 0.6 is 11.3 Å². The molecule has 18 heavy (non-hydrogen) atoms. The van der Waals surface area contributed by atoms with E-state index in [1.54, 1.807) is 17.4 Å². The third-order valence-corrected chi connectivity index (χ3v) is 4.28. The molecule has 2 aromatic rings. The van der Waals surface area contributed by atoms with Crippen LogP contribution in [0.1, 0.15) is 23.3 Å². The normalized spacial score (nSPS) is 15.0. The zero-order valence-electron chi connectivity index (χ0n) is 10.4. The Balaban J connectivity index is 1.84. The summed E-state index contributed by atoms with van der Waals surface area (Å²) in [5, 5.41) is 3.36. The van der Waals surface area contributed by atoms with Gasteiger partial charge < -0.3 is 5.32 Å². The van der Waals surface area contributed by atoms with Crippen LogP contribution in [0.4, 0.5) is 4.39 Å². The summed E-state index contributed by atoms with van der Waals surface area (Å²) in [6, 6.07) is 10.2. The summed E-state index contributed by atoms with van der Waals surface area (Å²) in [5.41, 5.74) is 1.88. The van der Waals surface area contributed by atoms with Gasteiger partial charge in [0.15, 0.2) is 0 Å². The third-order valence-electron chi connectivity index (χ3n) is 3.23. The number of hydrogen-bond acceptors (Lipinski definition) is 2. The summed E-state index contributed by atoms with van der Waals surface area (Å²) in [6.07, 6.45) is 2.46. The van der Waals surface area contributed by atoms with Crippen molar-refractivity contribution in [2.45, 2.75) is 32.4 Å². The highest BCUT2D eigenvalue weighted by Gasteiger charge is 2.20. The van der Waals surface area contributed by atoms with Crippen LogP contribution in [0.5, 0.6) is 0 Å². The smallest absolute Gasteiger partial charge is 0.127 e. The maximum atomic E-state index is 13.7. The van der Waals surface area contributed by atoms with Crippen molar-refractivity contribution in [3.63, 3.8) is 0 Å². The van der Waals surface area contributed by atoms with Gasteiger partial charge in [0.25, 0.3) is 0 Å². The van der Waals surface area contributed by atoms with Crippen LogP contribution in [0.15, 0.2) is 30.3 Å². The zero-order chi connectivity index (χ0) is 12.5. The van der Waals surface area contributed by atoms with E-state index in [1.807, 2.05) is 12.1 Å². The summed E-state index contributed by atoms with van der Waals surface area (Å²) in [5.74, 6) is -0.111. The first kappa shape index (κ1) is 11.9. The minimum Gasteiger partial charge on any atom is -0.310 e. The Labute approximate surface area is 111 Å². The molecule has 1 saturated carbocycles. The molecule has 0 amide bonds. The van der Waals surface area contributed by atoms with E-state index in [4.69, 9.17) is 0 Å². The molecule has 1 aromatic heterocycles. The second-order valence-corrected chi connectivity index (χ2v) is 6.16. The summed E-state index contributed by atoms with van der Waals surface area (Å²) >= 11 is 1.75. The van der Waals surface area contributed by atoms with Crippen molar-refractivity contribution < 1.29 is 4.39 Å². The maximum absolute atomic E-state index is 13.7. The van der Waals surface area contributed by atoms with Gasteiger partial charge >= 0.3 is 0 Å². The largest absolute Gasteiger partial charge is 0.310 e. The van der Waals surface area contributed by atoms with E-state index in [0.29, 0.717) is 12.6 Å². The molecule has 0 spiro atoms. The maximum Gasteiger partial charge on any atom is 0.127 e. The van der Waals surface area contributed by atoms with Gasteiger partial charge in [0, 0.05) is 27.9 Å². The molecule has 0 atom stereocenters. The van der Waals surface area contributed by atoms with E-state index in [1.165, 1.54) is 22.6 Å². The number of benzene rings is 1. The van der Waals surface area contributed by atoms with E-state index in [-0.39, 0.29) is 5.82 Å². The molecular formula is C15H16FNS. The Morgan fingerprint density at radius 3 is 2.78 bits per heavy atom. The van der Waals surface area contributed by atoms with Gasteiger partial charge in [-0.2, -0.15) is 0 Å². The number of thiophene rings is 1. The monoisotopic (exact) mass is 261 g/mol. The molecule has 3 rings (SSSR count). The fourth-order valence-electron chi connectivity index (χ4n) is 1.99. The van der Waals surface area contributed by atoms with E-state index in [0.717, 1.165) is 11.1 Å². The molecule has 1 aliphatic rings. The van der Waals surface area contributed by atoms with Crippen LogP contribution in [0.25, 0.3) is 10.4 Å². The van der Waals surface area contributed by atoms with Crippen LogP contribution in [-0.4, -0.2) is 6.04 Å². The Morgan fingerprint density at radius 2 is 2.11 bits per heavy atom. The predicted molar refractivity (Wildman–Crippen MR) is 74.3 cm³/mol. The second kappa shape index (κ2) is 4.82.